The van der Waals surface area contributed by atoms with Crippen LogP contribution in [0.2, 0.25) is 0 Å². The maximum atomic E-state index is 8.53. The third kappa shape index (κ3) is 4.22. The number of unbranched alkanes of at least 4 members (excludes halogenated alkanes) is 2. The molecule has 1 N–H and O–H groups in total. The third-order valence-corrected chi connectivity index (χ3v) is 3.04. The van der Waals surface area contributed by atoms with E-state index in [4.69, 9.17) is 14.7 Å². The Labute approximate surface area is 116 Å². The van der Waals surface area contributed by atoms with Crippen LogP contribution in [0.3, 0.4) is 0 Å². The number of oxime groups is 1. The van der Waals surface area contributed by atoms with Crippen molar-refractivity contribution in [3.63, 3.8) is 0 Å². The second kappa shape index (κ2) is 7.97. The smallest absolute Gasteiger partial charge is 0.175 e. The molecule has 0 spiro atoms. The average Bonchev–Trinajstić information content (AvgIpc) is 2.36. The van der Waals surface area contributed by atoms with Gasteiger partial charge in [0.05, 0.1) is 24.4 Å². The Kier molecular flexibility index (Phi) is 6.57. The highest BCUT2D eigenvalue weighted by molar-refractivity contribution is 9.10. The first-order valence-corrected chi connectivity index (χ1v) is 6.70. The number of benzene rings is 1. The topological polar surface area (TPSA) is 51.0 Å². The number of hydrogen-bond donors (Lipinski definition) is 1. The Morgan fingerprint density at radius 1 is 1.39 bits per heavy atom. The van der Waals surface area contributed by atoms with Crippen LogP contribution in [0.1, 0.15) is 31.7 Å². The van der Waals surface area contributed by atoms with Crippen LogP contribution in [0.15, 0.2) is 21.8 Å². The Bertz CT molecular complexity index is 407. The predicted molar refractivity (Wildman–Crippen MR) is 75.1 cm³/mol. The standard InChI is InChI=1S/C13H18BrNO3/c1-3-4-5-6-18-13-11(14)7-10(9-15-16)8-12(13)17-2/h7-9,16H,3-6H2,1-2H3/b15-9+. The van der Waals surface area contributed by atoms with Gasteiger partial charge in [-0.3, -0.25) is 0 Å². The lowest BCUT2D eigenvalue weighted by Crippen LogP contribution is -2.01. The van der Waals surface area contributed by atoms with E-state index in [1.165, 1.54) is 6.21 Å². The molecule has 0 heterocycles. The molecule has 1 aromatic rings. The zero-order valence-corrected chi connectivity index (χ0v) is 12.2. The monoisotopic (exact) mass is 315 g/mol. The van der Waals surface area contributed by atoms with Gasteiger partial charge in [0.25, 0.3) is 0 Å². The molecule has 0 aliphatic carbocycles. The Morgan fingerprint density at radius 2 is 2.17 bits per heavy atom. The highest BCUT2D eigenvalue weighted by atomic mass is 79.9. The van der Waals surface area contributed by atoms with Gasteiger partial charge in [-0.2, -0.15) is 0 Å². The van der Waals surface area contributed by atoms with Crippen molar-refractivity contribution in [1.29, 1.82) is 0 Å². The van der Waals surface area contributed by atoms with E-state index in [-0.39, 0.29) is 0 Å². The van der Waals surface area contributed by atoms with Gasteiger partial charge in [0.2, 0.25) is 0 Å². The lowest BCUT2D eigenvalue weighted by atomic mass is 10.2. The fourth-order valence-electron chi connectivity index (χ4n) is 1.55. The van der Waals surface area contributed by atoms with Crippen LogP contribution in [0.25, 0.3) is 0 Å². The van der Waals surface area contributed by atoms with E-state index in [1.54, 1.807) is 13.2 Å². The van der Waals surface area contributed by atoms with Gasteiger partial charge in [-0.05, 0) is 34.5 Å². The first-order chi connectivity index (χ1) is 8.72. The molecule has 0 fully saturated rings. The molecule has 0 aliphatic heterocycles. The van der Waals surface area contributed by atoms with Crippen molar-refractivity contribution in [3.8, 4) is 11.5 Å². The molecule has 0 saturated heterocycles. The fraction of sp³-hybridized carbons (Fsp3) is 0.462. The minimum Gasteiger partial charge on any atom is -0.493 e. The molecule has 0 amide bonds. The minimum atomic E-state index is 0.621. The first-order valence-electron chi connectivity index (χ1n) is 5.90. The van der Waals surface area contributed by atoms with Gasteiger partial charge in [0, 0.05) is 5.56 Å². The largest absolute Gasteiger partial charge is 0.493 e. The third-order valence-electron chi connectivity index (χ3n) is 2.45. The summed E-state index contributed by atoms with van der Waals surface area (Å²) in [6.07, 6.45) is 4.67. The van der Waals surface area contributed by atoms with Gasteiger partial charge in [-0.1, -0.05) is 24.9 Å². The fourth-order valence-corrected chi connectivity index (χ4v) is 2.12. The lowest BCUT2D eigenvalue weighted by Gasteiger charge is -2.13. The highest BCUT2D eigenvalue weighted by Gasteiger charge is 2.11. The van der Waals surface area contributed by atoms with E-state index in [1.807, 2.05) is 6.07 Å². The van der Waals surface area contributed by atoms with Crippen LogP contribution in [0, 0.1) is 0 Å². The Morgan fingerprint density at radius 3 is 2.78 bits per heavy atom. The maximum Gasteiger partial charge on any atom is 0.175 e. The first kappa shape index (κ1) is 14.8. The summed E-state index contributed by atoms with van der Waals surface area (Å²) in [5.74, 6) is 1.31. The van der Waals surface area contributed by atoms with Crippen LogP contribution < -0.4 is 9.47 Å². The zero-order valence-electron chi connectivity index (χ0n) is 10.6. The van der Waals surface area contributed by atoms with Crippen molar-refractivity contribution in [2.24, 2.45) is 5.16 Å². The lowest BCUT2D eigenvalue weighted by molar-refractivity contribution is 0.284. The number of halogens is 1. The Hall–Kier alpha value is -1.23. The van der Waals surface area contributed by atoms with Crippen LogP contribution in [0.5, 0.6) is 11.5 Å². The molecule has 0 unspecified atom stereocenters. The molecule has 0 atom stereocenters. The van der Waals surface area contributed by atoms with Gasteiger partial charge in [0.1, 0.15) is 0 Å². The van der Waals surface area contributed by atoms with Crippen LogP contribution >= 0.6 is 15.9 Å². The van der Waals surface area contributed by atoms with Gasteiger partial charge < -0.3 is 14.7 Å². The molecule has 0 bridgehead atoms. The predicted octanol–water partition coefficient (Wildman–Crippen LogP) is 3.83. The summed E-state index contributed by atoms with van der Waals surface area (Å²) in [5, 5.41) is 11.5. The number of rotatable bonds is 7. The molecule has 0 aromatic heterocycles. The molecular formula is C13H18BrNO3. The van der Waals surface area contributed by atoms with Gasteiger partial charge >= 0.3 is 0 Å². The summed E-state index contributed by atoms with van der Waals surface area (Å²) in [6, 6.07) is 3.58. The molecule has 1 aromatic carbocycles. The molecule has 0 saturated carbocycles. The van der Waals surface area contributed by atoms with E-state index in [9.17, 15) is 0 Å². The minimum absolute atomic E-state index is 0.621. The van der Waals surface area contributed by atoms with Crippen molar-refractivity contribution in [2.75, 3.05) is 13.7 Å². The highest BCUT2D eigenvalue weighted by Crippen LogP contribution is 2.36. The van der Waals surface area contributed by atoms with Crippen molar-refractivity contribution >= 4 is 22.1 Å². The summed E-state index contributed by atoms with van der Waals surface area (Å²) in [4.78, 5) is 0. The van der Waals surface area contributed by atoms with Crippen molar-refractivity contribution < 1.29 is 14.7 Å². The van der Waals surface area contributed by atoms with E-state index in [0.29, 0.717) is 18.1 Å². The molecule has 100 valence electrons. The maximum absolute atomic E-state index is 8.53. The molecule has 0 aliphatic rings. The summed E-state index contributed by atoms with van der Waals surface area (Å²) < 4.78 is 11.8. The number of ether oxygens (including phenoxy) is 2. The van der Waals surface area contributed by atoms with Crippen LogP contribution in [-0.2, 0) is 0 Å². The van der Waals surface area contributed by atoms with E-state index in [2.05, 4.69) is 28.0 Å². The normalized spacial score (nSPS) is 10.8. The quantitative estimate of drug-likeness (QED) is 0.360. The second-order valence-corrected chi connectivity index (χ2v) is 4.69. The molecule has 18 heavy (non-hydrogen) atoms. The molecule has 4 nitrogen and oxygen atoms in total. The number of nitrogens with zero attached hydrogens (tertiary/aromatic N) is 1. The zero-order chi connectivity index (χ0) is 13.4. The van der Waals surface area contributed by atoms with Gasteiger partial charge in [-0.15, -0.1) is 0 Å². The van der Waals surface area contributed by atoms with E-state index < -0.39 is 0 Å². The number of hydrogen-bond acceptors (Lipinski definition) is 4. The van der Waals surface area contributed by atoms with Crippen LogP contribution in [0.4, 0.5) is 0 Å². The number of methoxy groups -OCH3 is 1. The molecule has 0 radical (unpaired) electrons. The molecule has 1 rings (SSSR count). The second-order valence-electron chi connectivity index (χ2n) is 3.83. The molecular weight excluding hydrogens is 298 g/mol. The van der Waals surface area contributed by atoms with Crippen molar-refractivity contribution in [2.45, 2.75) is 26.2 Å². The summed E-state index contributed by atoms with van der Waals surface area (Å²) in [6.45, 7) is 2.82. The Balaban J connectivity index is 2.82. The van der Waals surface area contributed by atoms with Gasteiger partial charge in [-0.25, -0.2) is 0 Å². The summed E-state index contributed by atoms with van der Waals surface area (Å²) >= 11 is 3.43. The summed E-state index contributed by atoms with van der Waals surface area (Å²) in [7, 11) is 1.58. The van der Waals surface area contributed by atoms with Crippen LogP contribution in [-0.4, -0.2) is 25.1 Å². The van der Waals surface area contributed by atoms with Gasteiger partial charge in [0.15, 0.2) is 11.5 Å². The average molecular weight is 316 g/mol. The summed E-state index contributed by atoms with van der Waals surface area (Å²) in [5.41, 5.74) is 0.738. The molecule has 5 heteroatoms. The van der Waals surface area contributed by atoms with E-state index in [0.717, 1.165) is 29.3 Å². The van der Waals surface area contributed by atoms with Crippen molar-refractivity contribution in [1.82, 2.24) is 0 Å². The SMILES string of the molecule is CCCCCOc1c(Br)cc(/C=N/O)cc1OC. The van der Waals surface area contributed by atoms with E-state index >= 15 is 0 Å². The van der Waals surface area contributed by atoms with Crippen molar-refractivity contribution in [3.05, 3.63) is 22.2 Å².